The number of aromatic nitrogens is 4. The Morgan fingerprint density at radius 3 is 2.63 bits per heavy atom. The third-order valence-electron chi connectivity index (χ3n) is 5.23. The average molecular weight is 406 g/mol. The summed E-state index contributed by atoms with van der Waals surface area (Å²) in [6.07, 6.45) is 0. The lowest BCUT2D eigenvalue weighted by molar-refractivity contribution is -0.131. The van der Waals surface area contributed by atoms with Gasteiger partial charge in [-0.3, -0.25) is 9.69 Å². The largest absolute Gasteiger partial charge is 0.486 e. The number of nitrogens with zero attached hydrogens (tertiary/aromatic N) is 5. The average Bonchev–Trinajstić information content (AvgIpc) is 3.33. The van der Waals surface area contributed by atoms with Gasteiger partial charge in [0, 0.05) is 0 Å². The van der Waals surface area contributed by atoms with Crippen molar-refractivity contribution in [1.29, 1.82) is 0 Å². The van der Waals surface area contributed by atoms with Crippen LogP contribution in [-0.2, 0) is 16.9 Å². The molecule has 1 unspecified atom stereocenters. The fourth-order valence-corrected chi connectivity index (χ4v) is 3.61. The predicted molar refractivity (Wildman–Crippen MR) is 103 cm³/mol. The third-order valence-corrected chi connectivity index (χ3v) is 5.23. The molecule has 30 heavy (non-hydrogen) atoms. The maximum absolute atomic E-state index is 13.3. The topological polar surface area (TPSA) is 111 Å². The molecule has 0 spiro atoms. The normalized spacial score (nSPS) is 20.4. The van der Waals surface area contributed by atoms with Gasteiger partial charge in [0.05, 0.1) is 12.2 Å². The van der Waals surface area contributed by atoms with E-state index in [2.05, 4.69) is 20.8 Å². The van der Waals surface area contributed by atoms with Crippen LogP contribution in [0.25, 0.3) is 5.69 Å². The highest BCUT2D eigenvalue weighted by Gasteiger charge is 2.49. The van der Waals surface area contributed by atoms with E-state index in [1.807, 2.05) is 30.3 Å². The predicted octanol–water partition coefficient (Wildman–Crippen LogP) is 1.40. The van der Waals surface area contributed by atoms with Crippen LogP contribution >= 0.6 is 0 Å². The fourth-order valence-electron chi connectivity index (χ4n) is 3.61. The van der Waals surface area contributed by atoms with Gasteiger partial charge in [-0.25, -0.2) is 4.79 Å². The fraction of sp³-hybridized carbons (Fsp3) is 0.250. The van der Waals surface area contributed by atoms with Crippen LogP contribution in [0.5, 0.6) is 11.5 Å². The molecule has 2 aliphatic heterocycles. The Balaban J connectivity index is 1.44. The molecule has 1 aromatic heterocycles. The second-order valence-electron chi connectivity index (χ2n) is 7.15. The number of rotatable bonds is 4. The molecule has 3 heterocycles. The molecule has 0 aliphatic carbocycles. The lowest BCUT2D eigenvalue weighted by atomic mass is 9.91. The minimum Gasteiger partial charge on any atom is -0.486 e. The lowest BCUT2D eigenvalue weighted by Gasteiger charge is -2.25. The minimum atomic E-state index is -1.24. The molecule has 1 atom stereocenters. The number of tetrazole rings is 1. The number of carbonyl (C=O) groups is 2. The molecule has 3 amide bonds. The Morgan fingerprint density at radius 2 is 1.83 bits per heavy atom. The van der Waals surface area contributed by atoms with Crippen molar-refractivity contribution >= 4 is 11.9 Å². The molecule has 1 N–H and O–H groups in total. The Labute approximate surface area is 171 Å². The van der Waals surface area contributed by atoms with Crippen LogP contribution < -0.4 is 14.8 Å². The molecular weight excluding hydrogens is 388 g/mol. The maximum atomic E-state index is 13.3. The number of imide groups is 1. The molecule has 2 aliphatic rings. The quantitative estimate of drug-likeness (QED) is 0.652. The zero-order chi connectivity index (χ0) is 20.7. The molecule has 5 rings (SSSR count). The second kappa shape index (κ2) is 6.83. The smallest absolute Gasteiger partial charge is 0.325 e. The third kappa shape index (κ3) is 2.84. The molecule has 0 bridgehead atoms. The van der Waals surface area contributed by atoms with E-state index in [-0.39, 0.29) is 6.54 Å². The van der Waals surface area contributed by atoms with Gasteiger partial charge in [0.2, 0.25) is 0 Å². The van der Waals surface area contributed by atoms with E-state index >= 15 is 0 Å². The molecule has 2 aromatic carbocycles. The summed E-state index contributed by atoms with van der Waals surface area (Å²) in [4.78, 5) is 27.1. The summed E-state index contributed by atoms with van der Waals surface area (Å²) >= 11 is 0. The number of para-hydroxylation sites is 1. The molecule has 10 heteroatoms. The van der Waals surface area contributed by atoms with Crippen LogP contribution in [0.3, 0.4) is 0 Å². The van der Waals surface area contributed by atoms with Crippen LogP contribution in [0.2, 0.25) is 0 Å². The van der Waals surface area contributed by atoms with Gasteiger partial charge in [-0.1, -0.05) is 24.3 Å². The number of nitrogens with one attached hydrogen (secondary N) is 1. The van der Waals surface area contributed by atoms with Crippen molar-refractivity contribution in [2.75, 3.05) is 13.2 Å². The second-order valence-corrected chi connectivity index (χ2v) is 7.15. The number of amides is 3. The number of urea groups is 1. The molecule has 0 radical (unpaired) electrons. The van der Waals surface area contributed by atoms with Gasteiger partial charge in [-0.15, -0.1) is 5.10 Å². The van der Waals surface area contributed by atoms with E-state index in [1.165, 1.54) is 4.68 Å². The van der Waals surface area contributed by atoms with Crippen molar-refractivity contribution in [2.24, 2.45) is 0 Å². The standard InChI is InChI=1S/C20H18N6O4/c1-20(13-7-8-15-16(11-13)30-10-9-29-15)18(27)25(19(28)21-20)12-17-22-23-24-26(17)14-5-3-2-4-6-14/h2-8,11H,9-10,12H2,1H3,(H,21,28). The van der Waals surface area contributed by atoms with Gasteiger partial charge in [-0.2, -0.15) is 4.68 Å². The minimum absolute atomic E-state index is 0.0628. The summed E-state index contributed by atoms with van der Waals surface area (Å²) in [6, 6.07) is 14.0. The van der Waals surface area contributed by atoms with E-state index in [0.29, 0.717) is 36.1 Å². The summed E-state index contributed by atoms with van der Waals surface area (Å²) in [5.74, 6) is 1.14. The molecular formula is C20H18N6O4. The Bertz CT molecular complexity index is 1130. The number of ether oxygens (including phenoxy) is 2. The number of hydrogen-bond donors (Lipinski definition) is 1. The van der Waals surface area contributed by atoms with E-state index in [1.54, 1.807) is 25.1 Å². The molecule has 1 saturated heterocycles. The van der Waals surface area contributed by atoms with E-state index in [4.69, 9.17) is 9.47 Å². The number of fused-ring (bicyclic) bond motifs is 1. The SMILES string of the molecule is CC1(c2ccc3c(c2)OCCO3)NC(=O)N(Cc2nnnn2-c2ccccc2)C1=O. The first-order valence-electron chi connectivity index (χ1n) is 9.43. The molecule has 152 valence electrons. The monoisotopic (exact) mass is 406 g/mol. The van der Waals surface area contributed by atoms with Gasteiger partial charge in [0.15, 0.2) is 17.3 Å². The van der Waals surface area contributed by atoms with E-state index < -0.39 is 17.5 Å². The van der Waals surface area contributed by atoms with Crippen molar-refractivity contribution in [3.8, 4) is 17.2 Å². The summed E-state index contributed by atoms with van der Waals surface area (Å²) in [6.45, 7) is 2.51. The van der Waals surface area contributed by atoms with E-state index in [9.17, 15) is 9.59 Å². The molecule has 3 aromatic rings. The van der Waals surface area contributed by atoms with E-state index in [0.717, 1.165) is 10.6 Å². The van der Waals surface area contributed by atoms with Crippen molar-refractivity contribution in [1.82, 2.24) is 30.4 Å². The lowest BCUT2D eigenvalue weighted by Crippen LogP contribution is -2.41. The Hall–Kier alpha value is -3.95. The molecule has 0 saturated carbocycles. The highest BCUT2D eigenvalue weighted by Crippen LogP contribution is 2.37. The zero-order valence-electron chi connectivity index (χ0n) is 16.1. The van der Waals surface area contributed by atoms with Crippen molar-refractivity contribution in [3.05, 3.63) is 59.9 Å². The van der Waals surface area contributed by atoms with Crippen LogP contribution in [0, 0.1) is 0 Å². The number of hydrogen-bond acceptors (Lipinski definition) is 7. The summed E-state index contributed by atoms with van der Waals surface area (Å²) < 4.78 is 12.7. The van der Waals surface area contributed by atoms with Crippen LogP contribution in [-0.4, -0.2) is 50.3 Å². The highest BCUT2D eigenvalue weighted by atomic mass is 16.6. The van der Waals surface area contributed by atoms with Crippen LogP contribution in [0.15, 0.2) is 48.5 Å². The molecule has 10 nitrogen and oxygen atoms in total. The Morgan fingerprint density at radius 1 is 1.07 bits per heavy atom. The maximum Gasteiger partial charge on any atom is 0.325 e. The highest BCUT2D eigenvalue weighted by molar-refractivity contribution is 6.07. The van der Waals surface area contributed by atoms with Gasteiger partial charge in [-0.05, 0) is 47.2 Å². The zero-order valence-corrected chi connectivity index (χ0v) is 16.1. The summed E-state index contributed by atoms with van der Waals surface area (Å²) in [7, 11) is 0. The first-order valence-corrected chi connectivity index (χ1v) is 9.43. The summed E-state index contributed by atoms with van der Waals surface area (Å²) in [5.41, 5.74) is 0.104. The number of benzene rings is 2. The summed E-state index contributed by atoms with van der Waals surface area (Å²) in [5, 5.41) is 14.5. The number of carbonyl (C=O) groups excluding carboxylic acids is 2. The Kier molecular flexibility index (Phi) is 4.12. The van der Waals surface area contributed by atoms with Gasteiger partial charge in [0.1, 0.15) is 18.8 Å². The van der Waals surface area contributed by atoms with Gasteiger partial charge >= 0.3 is 6.03 Å². The van der Waals surface area contributed by atoms with Crippen LogP contribution in [0.1, 0.15) is 18.3 Å². The van der Waals surface area contributed by atoms with Crippen molar-refractivity contribution < 1.29 is 19.1 Å². The first-order chi connectivity index (χ1) is 14.6. The molecule has 1 fully saturated rings. The van der Waals surface area contributed by atoms with Crippen LogP contribution in [0.4, 0.5) is 4.79 Å². The van der Waals surface area contributed by atoms with Gasteiger partial charge in [0.25, 0.3) is 5.91 Å². The van der Waals surface area contributed by atoms with Crippen molar-refractivity contribution in [2.45, 2.75) is 19.0 Å². The van der Waals surface area contributed by atoms with Gasteiger partial charge < -0.3 is 14.8 Å². The van der Waals surface area contributed by atoms with Crippen molar-refractivity contribution in [3.63, 3.8) is 0 Å². The first kappa shape index (κ1) is 18.1.